The molecule has 2 rings (SSSR count). The number of ether oxygens (including phenoxy) is 1. The molecule has 1 fully saturated rings. The summed E-state index contributed by atoms with van der Waals surface area (Å²) in [4.78, 5) is 12.6. The summed E-state index contributed by atoms with van der Waals surface area (Å²) in [5.41, 5.74) is 6.91. The quantitative estimate of drug-likeness (QED) is 0.817. The van der Waals surface area contributed by atoms with Crippen molar-refractivity contribution in [1.29, 1.82) is 0 Å². The fraction of sp³-hybridized carbons (Fsp3) is 0.588. The summed E-state index contributed by atoms with van der Waals surface area (Å²) < 4.78 is 5.53. The maximum Gasteiger partial charge on any atom is 0.257 e. The Bertz CT molecular complexity index is 488. The minimum atomic E-state index is -0.113. The van der Waals surface area contributed by atoms with Crippen LogP contribution in [0.25, 0.3) is 0 Å². The summed E-state index contributed by atoms with van der Waals surface area (Å²) in [6, 6.07) is 5.60. The van der Waals surface area contributed by atoms with Crippen LogP contribution in [0.15, 0.2) is 18.2 Å². The zero-order valence-electron chi connectivity index (χ0n) is 13.0. The Morgan fingerprint density at radius 3 is 2.90 bits per heavy atom. The van der Waals surface area contributed by atoms with Gasteiger partial charge >= 0.3 is 0 Å². The number of nitrogen functional groups attached to an aromatic ring is 1. The molecular weight excluding hydrogens is 264 g/mol. The second kappa shape index (κ2) is 7.34. The lowest BCUT2D eigenvalue weighted by molar-refractivity contribution is 0.0916. The third-order valence-electron chi connectivity index (χ3n) is 4.28. The summed E-state index contributed by atoms with van der Waals surface area (Å²) in [5, 5.41) is 3.14. The molecule has 3 N–H and O–H groups in total. The zero-order chi connectivity index (χ0) is 15.2. The van der Waals surface area contributed by atoms with Crippen LogP contribution in [0, 0.1) is 5.92 Å². The Hall–Kier alpha value is -1.71. The molecule has 2 atom stereocenters. The molecule has 0 bridgehead atoms. The minimum Gasteiger partial charge on any atom is -0.493 e. The van der Waals surface area contributed by atoms with Gasteiger partial charge in [-0.2, -0.15) is 0 Å². The van der Waals surface area contributed by atoms with E-state index in [0.29, 0.717) is 23.6 Å². The molecule has 1 saturated carbocycles. The molecular formula is C17H26N2O2. The lowest BCUT2D eigenvalue weighted by atomic mass is 9.84. The van der Waals surface area contributed by atoms with Gasteiger partial charge in [0.15, 0.2) is 0 Å². The third-order valence-corrected chi connectivity index (χ3v) is 4.28. The van der Waals surface area contributed by atoms with Crippen LogP contribution in [0.5, 0.6) is 5.75 Å². The number of benzene rings is 1. The number of amides is 1. The minimum absolute atomic E-state index is 0.113. The molecule has 0 radical (unpaired) electrons. The molecule has 1 aliphatic carbocycles. The SMILES string of the molecule is CCOc1cccc(N)c1C(=O)NC1CCCC(CC)C1. The molecule has 0 heterocycles. The fourth-order valence-electron chi connectivity index (χ4n) is 3.12. The lowest BCUT2D eigenvalue weighted by Gasteiger charge is -2.29. The first-order valence-electron chi connectivity index (χ1n) is 7.97. The van der Waals surface area contributed by atoms with Crippen molar-refractivity contribution < 1.29 is 9.53 Å². The lowest BCUT2D eigenvalue weighted by Crippen LogP contribution is -2.38. The van der Waals surface area contributed by atoms with Crippen LogP contribution < -0.4 is 15.8 Å². The van der Waals surface area contributed by atoms with Gasteiger partial charge in [-0.15, -0.1) is 0 Å². The Labute approximate surface area is 127 Å². The van der Waals surface area contributed by atoms with Crippen molar-refractivity contribution in [2.75, 3.05) is 12.3 Å². The number of nitrogens with one attached hydrogen (secondary N) is 1. The summed E-state index contributed by atoms with van der Waals surface area (Å²) in [7, 11) is 0. The second-order valence-electron chi connectivity index (χ2n) is 5.76. The van der Waals surface area contributed by atoms with Gasteiger partial charge in [0.2, 0.25) is 0 Å². The normalized spacial score (nSPS) is 21.8. The van der Waals surface area contributed by atoms with Gasteiger partial charge in [-0.1, -0.05) is 32.3 Å². The first kappa shape index (κ1) is 15.7. The van der Waals surface area contributed by atoms with Gasteiger partial charge in [-0.25, -0.2) is 0 Å². The van der Waals surface area contributed by atoms with Crippen LogP contribution >= 0.6 is 0 Å². The Kier molecular flexibility index (Phi) is 5.48. The van der Waals surface area contributed by atoms with Gasteiger partial charge in [0, 0.05) is 11.7 Å². The molecule has 0 spiro atoms. The van der Waals surface area contributed by atoms with Gasteiger partial charge in [-0.3, -0.25) is 4.79 Å². The molecule has 0 aromatic heterocycles. The van der Waals surface area contributed by atoms with Crippen molar-refractivity contribution in [2.45, 2.75) is 52.0 Å². The Morgan fingerprint density at radius 2 is 2.19 bits per heavy atom. The Morgan fingerprint density at radius 1 is 1.38 bits per heavy atom. The summed E-state index contributed by atoms with van der Waals surface area (Å²) in [6.07, 6.45) is 5.77. The van der Waals surface area contributed by atoms with E-state index in [-0.39, 0.29) is 11.9 Å². The highest BCUT2D eigenvalue weighted by molar-refractivity contribution is 6.02. The molecule has 1 aromatic carbocycles. The van der Waals surface area contributed by atoms with Crippen molar-refractivity contribution in [3.8, 4) is 5.75 Å². The summed E-state index contributed by atoms with van der Waals surface area (Å²) in [6.45, 7) is 4.64. The number of rotatable bonds is 5. The molecule has 4 nitrogen and oxygen atoms in total. The monoisotopic (exact) mass is 290 g/mol. The van der Waals surface area contributed by atoms with E-state index in [9.17, 15) is 4.79 Å². The van der Waals surface area contributed by atoms with Gasteiger partial charge in [0.1, 0.15) is 11.3 Å². The Balaban J connectivity index is 2.09. The van der Waals surface area contributed by atoms with Crippen LogP contribution in [0.3, 0.4) is 0 Å². The van der Waals surface area contributed by atoms with Gasteiger partial charge in [0.05, 0.1) is 6.61 Å². The maximum atomic E-state index is 12.6. The summed E-state index contributed by atoms with van der Waals surface area (Å²) >= 11 is 0. The fourth-order valence-corrected chi connectivity index (χ4v) is 3.12. The summed E-state index contributed by atoms with van der Waals surface area (Å²) in [5.74, 6) is 1.18. The molecule has 0 saturated heterocycles. The van der Waals surface area contributed by atoms with Crippen LogP contribution in [-0.4, -0.2) is 18.6 Å². The standard InChI is InChI=1S/C17H26N2O2/c1-3-12-7-5-8-13(11-12)19-17(20)16-14(18)9-6-10-15(16)21-4-2/h6,9-10,12-13H,3-5,7-8,11,18H2,1-2H3,(H,19,20). The van der Waals surface area contributed by atoms with E-state index in [2.05, 4.69) is 12.2 Å². The highest BCUT2D eigenvalue weighted by Crippen LogP contribution is 2.28. The smallest absolute Gasteiger partial charge is 0.257 e. The highest BCUT2D eigenvalue weighted by Gasteiger charge is 2.24. The molecule has 1 amide bonds. The van der Waals surface area contributed by atoms with Gasteiger partial charge in [-0.05, 0) is 37.8 Å². The van der Waals surface area contributed by atoms with E-state index in [0.717, 1.165) is 18.8 Å². The number of carbonyl (C=O) groups is 1. The number of nitrogens with two attached hydrogens (primary N) is 1. The zero-order valence-corrected chi connectivity index (χ0v) is 13.0. The van der Waals surface area contributed by atoms with Crippen molar-refractivity contribution in [1.82, 2.24) is 5.32 Å². The van der Waals surface area contributed by atoms with Crippen LogP contribution in [-0.2, 0) is 0 Å². The molecule has 1 aromatic rings. The number of carbonyl (C=O) groups excluding carboxylic acids is 1. The van der Waals surface area contributed by atoms with E-state index in [4.69, 9.17) is 10.5 Å². The van der Waals surface area contributed by atoms with E-state index in [1.807, 2.05) is 13.0 Å². The predicted molar refractivity (Wildman–Crippen MR) is 85.5 cm³/mol. The number of hydrogen-bond acceptors (Lipinski definition) is 3. The van der Waals surface area contributed by atoms with Crippen LogP contribution in [0.2, 0.25) is 0 Å². The molecule has 116 valence electrons. The van der Waals surface area contributed by atoms with E-state index in [1.165, 1.54) is 19.3 Å². The largest absolute Gasteiger partial charge is 0.493 e. The van der Waals surface area contributed by atoms with Crippen molar-refractivity contribution in [2.24, 2.45) is 5.92 Å². The van der Waals surface area contributed by atoms with Crippen molar-refractivity contribution in [3.63, 3.8) is 0 Å². The van der Waals surface area contributed by atoms with Crippen LogP contribution in [0.1, 0.15) is 56.3 Å². The molecule has 2 unspecified atom stereocenters. The predicted octanol–water partition coefficient (Wildman–Crippen LogP) is 3.37. The first-order valence-corrected chi connectivity index (χ1v) is 7.97. The average Bonchev–Trinajstić information content (AvgIpc) is 2.47. The first-order chi connectivity index (χ1) is 10.2. The van der Waals surface area contributed by atoms with Crippen LogP contribution in [0.4, 0.5) is 5.69 Å². The number of anilines is 1. The van der Waals surface area contributed by atoms with Gasteiger partial charge < -0.3 is 15.8 Å². The van der Waals surface area contributed by atoms with E-state index in [1.54, 1.807) is 12.1 Å². The molecule has 4 heteroatoms. The second-order valence-corrected chi connectivity index (χ2v) is 5.76. The van der Waals surface area contributed by atoms with E-state index >= 15 is 0 Å². The third kappa shape index (κ3) is 3.90. The molecule has 1 aliphatic rings. The molecule has 0 aliphatic heterocycles. The average molecular weight is 290 g/mol. The topological polar surface area (TPSA) is 64.3 Å². The van der Waals surface area contributed by atoms with Crippen molar-refractivity contribution >= 4 is 11.6 Å². The maximum absolute atomic E-state index is 12.6. The van der Waals surface area contributed by atoms with Gasteiger partial charge in [0.25, 0.3) is 5.91 Å². The highest BCUT2D eigenvalue weighted by atomic mass is 16.5. The number of hydrogen-bond donors (Lipinski definition) is 2. The van der Waals surface area contributed by atoms with Crippen molar-refractivity contribution in [3.05, 3.63) is 23.8 Å². The molecule has 21 heavy (non-hydrogen) atoms. The van der Waals surface area contributed by atoms with E-state index < -0.39 is 0 Å².